The van der Waals surface area contributed by atoms with Crippen molar-refractivity contribution >= 4 is 38.9 Å². The van der Waals surface area contributed by atoms with Crippen molar-refractivity contribution in [2.45, 2.75) is 13.8 Å². The van der Waals surface area contributed by atoms with E-state index in [0.717, 1.165) is 31.2 Å². The van der Waals surface area contributed by atoms with Gasteiger partial charge in [0.1, 0.15) is 15.6 Å². The fourth-order valence-corrected chi connectivity index (χ4v) is 4.59. The van der Waals surface area contributed by atoms with Crippen molar-refractivity contribution in [3.63, 3.8) is 0 Å². The molecule has 0 aliphatic carbocycles. The number of carbonyl (C=O) groups is 1. The highest BCUT2D eigenvalue weighted by atomic mass is 32.1. The number of benzene rings is 2. The molecule has 0 unspecified atom stereocenters. The van der Waals surface area contributed by atoms with Gasteiger partial charge in [0.2, 0.25) is 0 Å². The summed E-state index contributed by atoms with van der Waals surface area (Å²) < 4.78 is 6.67. The zero-order valence-corrected chi connectivity index (χ0v) is 15.4. The van der Waals surface area contributed by atoms with Gasteiger partial charge in [0.25, 0.3) is 0 Å². The first-order valence-corrected chi connectivity index (χ1v) is 9.48. The second kappa shape index (κ2) is 6.43. The number of thiazole rings is 1. The second-order valence-electron chi connectivity index (χ2n) is 5.86. The lowest BCUT2D eigenvalue weighted by atomic mass is 10.1. The molecule has 0 aliphatic rings. The Hall–Kier alpha value is -2.50. The fraction of sp³-hybridized carbons (Fsp3) is 0.100. The number of aromatic nitrogens is 1. The molecule has 0 atom stereocenters. The van der Waals surface area contributed by atoms with Crippen LogP contribution in [0.4, 0.5) is 0 Å². The van der Waals surface area contributed by atoms with Gasteiger partial charge in [-0.25, -0.2) is 9.78 Å². The molecule has 3 nitrogen and oxygen atoms in total. The Morgan fingerprint density at radius 1 is 0.960 bits per heavy atom. The lowest BCUT2D eigenvalue weighted by molar-refractivity contribution is 0.0740. The lowest BCUT2D eigenvalue weighted by Crippen LogP contribution is -2.06. The van der Waals surface area contributed by atoms with Crippen molar-refractivity contribution in [3.05, 3.63) is 70.6 Å². The molecule has 2 aromatic carbocycles. The predicted molar refractivity (Wildman–Crippen MR) is 104 cm³/mol. The minimum atomic E-state index is -0.331. The molecular weight excluding hydrogens is 350 g/mol. The van der Waals surface area contributed by atoms with Crippen LogP contribution in [0.2, 0.25) is 0 Å². The third-order valence-electron chi connectivity index (χ3n) is 3.72. The predicted octanol–water partition coefficient (Wildman–Crippen LogP) is 5.86. The van der Waals surface area contributed by atoms with Gasteiger partial charge in [-0.15, -0.1) is 22.7 Å². The first-order valence-electron chi connectivity index (χ1n) is 7.85. The smallest absolute Gasteiger partial charge is 0.353 e. The molecule has 0 saturated carbocycles. The van der Waals surface area contributed by atoms with Crippen LogP contribution < -0.4 is 4.74 Å². The third-order valence-corrected chi connectivity index (χ3v) is 5.99. The van der Waals surface area contributed by atoms with Gasteiger partial charge in [-0.05, 0) is 61.4 Å². The van der Waals surface area contributed by atoms with Crippen molar-refractivity contribution in [3.8, 4) is 15.6 Å². The Balaban J connectivity index is 1.58. The maximum Gasteiger partial charge on any atom is 0.353 e. The number of aryl methyl sites for hydroxylation is 2. The second-order valence-corrected chi connectivity index (χ2v) is 7.98. The first-order chi connectivity index (χ1) is 12.1. The number of ether oxygens (including phenoxy) is 1. The van der Waals surface area contributed by atoms with Crippen LogP contribution in [0, 0.1) is 13.8 Å². The minimum Gasteiger partial charge on any atom is -0.422 e. The molecule has 4 aromatic rings. The molecule has 5 heteroatoms. The van der Waals surface area contributed by atoms with Gasteiger partial charge in [0.05, 0.1) is 15.1 Å². The maximum absolute atomic E-state index is 12.4. The fourth-order valence-electron chi connectivity index (χ4n) is 2.69. The van der Waals surface area contributed by atoms with Crippen molar-refractivity contribution < 1.29 is 9.53 Å². The Labute approximate surface area is 153 Å². The summed E-state index contributed by atoms with van der Waals surface area (Å²) in [5.41, 5.74) is 3.13. The average Bonchev–Trinajstić information content (AvgIpc) is 3.20. The van der Waals surface area contributed by atoms with Crippen LogP contribution in [0.25, 0.3) is 20.1 Å². The van der Waals surface area contributed by atoms with Crippen LogP contribution in [0.5, 0.6) is 5.75 Å². The number of fused-ring (bicyclic) bond motifs is 1. The van der Waals surface area contributed by atoms with E-state index in [1.165, 1.54) is 11.3 Å². The van der Waals surface area contributed by atoms with Crippen LogP contribution in [0.15, 0.2) is 54.6 Å². The summed E-state index contributed by atoms with van der Waals surface area (Å²) in [6, 6.07) is 17.6. The largest absolute Gasteiger partial charge is 0.422 e. The molecule has 0 fully saturated rings. The summed E-state index contributed by atoms with van der Waals surface area (Å²) >= 11 is 3.04. The van der Waals surface area contributed by atoms with Crippen molar-refractivity contribution in [2.24, 2.45) is 0 Å². The Morgan fingerprint density at radius 2 is 1.72 bits per heavy atom. The maximum atomic E-state index is 12.4. The van der Waals surface area contributed by atoms with E-state index in [-0.39, 0.29) is 5.97 Å². The van der Waals surface area contributed by atoms with Crippen molar-refractivity contribution in [2.75, 3.05) is 0 Å². The molecule has 0 N–H and O–H groups in total. The number of carbonyl (C=O) groups excluding carboxylic acids is 1. The van der Waals surface area contributed by atoms with E-state index in [4.69, 9.17) is 4.74 Å². The van der Waals surface area contributed by atoms with Crippen molar-refractivity contribution in [1.29, 1.82) is 0 Å². The van der Waals surface area contributed by atoms with Gasteiger partial charge in [0.15, 0.2) is 0 Å². The molecule has 25 heavy (non-hydrogen) atoms. The molecule has 124 valence electrons. The number of esters is 1. The highest BCUT2D eigenvalue weighted by Gasteiger charge is 2.15. The first kappa shape index (κ1) is 16.0. The van der Waals surface area contributed by atoms with Crippen LogP contribution in [0.1, 0.15) is 20.8 Å². The van der Waals surface area contributed by atoms with E-state index in [0.29, 0.717) is 10.6 Å². The summed E-state index contributed by atoms with van der Waals surface area (Å²) in [6.45, 7) is 3.97. The number of rotatable bonds is 3. The molecule has 0 radical (unpaired) electrons. The molecule has 0 spiro atoms. The minimum absolute atomic E-state index is 0.331. The van der Waals surface area contributed by atoms with Crippen LogP contribution in [-0.2, 0) is 0 Å². The number of para-hydroxylation sites is 1. The molecular formula is C20H15NO2S2. The van der Waals surface area contributed by atoms with E-state index in [1.807, 2.05) is 56.3 Å². The summed E-state index contributed by atoms with van der Waals surface area (Å²) in [5, 5.41) is 0.927. The normalized spacial score (nSPS) is 11.0. The van der Waals surface area contributed by atoms with E-state index in [9.17, 15) is 4.79 Å². The molecule has 0 bridgehead atoms. The molecule has 0 aliphatic heterocycles. The molecule has 2 heterocycles. The standard InChI is InChI=1S/C20H15NO2S2/c1-12-9-13(2)11-14(10-12)23-20(22)18-8-7-17(24-18)19-21-15-5-3-4-6-16(15)25-19/h3-11H,1-2H3. The van der Waals surface area contributed by atoms with E-state index < -0.39 is 0 Å². The number of hydrogen-bond donors (Lipinski definition) is 0. The van der Waals surface area contributed by atoms with Gasteiger partial charge in [0, 0.05) is 0 Å². The van der Waals surface area contributed by atoms with E-state index in [2.05, 4.69) is 11.1 Å². The highest BCUT2D eigenvalue weighted by molar-refractivity contribution is 7.26. The van der Waals surface area contributed by atoms with Gasteiger partial charge < -0.3 is 4.74 Å². The topological polar surface area (TPSA) is 39.2 Å². The molecule has 0 saturated heterocycles. The SMILES string of the molecule is Cc1cc(C)cc(OC(=O)c2ccc(-c3nc4ccccc4s3)s2)c1. The highest BCUT2D eigenvalue weighted by Crippen LogP contribution is 2.34. The third kappa shape index (κ3) is 3.34. The van der Waals surface area contributed by atoms with Crippen LogP contribution in [-0.4, -0.2) is 11.0 Å². The van der Waals surface area contributed by atoms with Gasteiger partial charge in [-0.1, -0.05) is 18.2 Å². The molecule has 0 amide bonds. The summed E-state index contributed by atoms with van der Waals surface area (Å²) in [7, 11) is 0. The van der Waals surface area contributed by atoms with Gasteiger partial charge in [-0.3, -0.25) is 0 Å². The molecule has 4 rings (SSSR count). The van der Waals surface area contributed by atoms with E-state index >= 15 is 0 Å². The van der Waals surface area contributed by atoms with Crippen LogP contribution >= 0.6 is 22.7 Å². The Bertz CT molecular complexity index is 1020. The molecule has 2 aromatic heterocycles. The Kier molecular flexibility index (Phi) is 4.11. The van der Waals surface area contributed by atoms with Crippen LogP contribution in [0.3, 0.4) is 0 Å². The summed E-state index contributed by atoms with van der Waals surface area (Å²) in [6.07, 6.45) is 0. The number of nitrogens with zero attached hydrogens (tertiary/aromatic N) is 1. The van der Waals surface area contributed by atoms with Gasteiger partial charge >= 0.3 is 5.97 Å². The van der Waals surface area contributed by atoms with Gasteiger partial charge in [-0.2, -0.15) is 0 Å². The Morgan fingerprint density at radius 3 is 2.48 bits per heavy atom. The summed E-state index contributed by atoms with van der Waals surface area (Å²) in [4.78, 5) is 18.6. The lowest BCUT2D eigenvalue weighted by Gasteiger charge is -2.05. The zero-order valence-electron chi connectivity index (χ0n) is 13.8. The summed E-state index contributed by atoms with van der Waals surface area (Å²) in [5.74, 6) is 0.250. The quantitative estimate of drug-likeness (QED) is 0.337. The number of hydrogen-bond acceptors (Lipinski definition) is 5. The zero-order chi connectivity index (χ0) is 17.4. The monoisotopic (exact) mass is 365 g/mol. The average molecular weight is 365 g/mol. The number of thiophene rings is 1. The van der Waals surface area contributed by atoms with Crippen molar-refractivity contribution in [1.82, 2.24) is 4.98 Å². The van der Waals surface area contributed by atoms with E-state index in [1.54, 1.807) is 17.4 Å².